The van der Waals surface area contributed by atoms with Crippen molar-refractivity contribution >= 4 is 23.4 Å². The van der Waals surface area contributed by atoms with Gasteiger partial charge in [0.1, 0.15) is 29.3 Å². The van der Waals surface area contributed by atoms with Gasteiger partial charge in [-0.15, -0.1) is 0 Å². The lowest BCUT2D eigenvalue weighted by Gasteiger charge is -2.48. The summed E-state index contributed by atoms with van der Waals surface area (Å²) in [7, 11) is 3.81. The number of benzene rings is 1. The topological polar surface area (TPSA) is 161 Å². The van der Waals surface area contributed by atoms with Gasteiger partial charge in [0.2, 0.25) is 6.79 Å². The first-order valence-electron chi connectivity index (χ1n) is 20.1. The van der Waals surface area contributed by atoms with E-state index in [1.807, 2.05) is 90.9 Å². The quantitative estimate of drug-likeness (QED) is 0.159. The zero-order valence-corrected chi connectivity index (χ0v) is 34.8. The van der Waals surface area contributed by atoms with Crippen molar-refractivity contribution in [2.24, 2.45) is 34.7 Å². The molecule has 0 unspecified atom stereocenters. The molecule has 1 aromatic rings. The molecule has 0 amide bonds. The molecule has 0 aromatic heterocycles. The third-order valence-corrected chi connectivity index (χ3v) is 12.4. The van der Waals surface area contributed by atoms with Gasteiger partial charge in [0.25, 0.3) is 0 Å². The first-order chi connectivity index (χ1) is 26.5. The van der Waals surface area contributed by atoms with Crippen molar-refractivity contribution in [2.45, 2.75) is 142 Å². The highest BCUT2D eigenvalue weighted by atomic mass is 16.7. The fraction of sp³-hybridized carbons (Fsp3) is 0.762. The zero-order chi connectivity index (χ0) is 40.9. The van der Waals surface area contributed by atoms with Gasteiger partial charge in [0.15, 0.2) is 6.29 Å². The van der Waals surface area contributed by atoms with Gasteiger partial charge in [-0.3, -0.25) is 14.4 Å². The van der Waals surface area contributed by atoms with Crippen LogP contribution in [0.15, 0.2) is 35.5 Å². The molecule has 4 heterocycles. The Morgan fingerprint density at radius 3 is 2.39 bits per heavy atom. The highest BCUT2D eigenvalue weighted by Gasteiger charge is 2.57. The highest BCUT2D eigenvalue weighted by Crippen LogP contribution is 2.46. The van der Waals surface area contributed by atoms with Crippen LogP contribution in [0.1, 0.15) is 86.6 Å². The molecule has 1 aromatic carbocycles. The Hall–Kier alpha value is -2.98. The van der Waals surface area contributed by atoms with Gasteiger partial charge in [-0.1, -0.05) is 63.2 Å². The van der Waals surface area contributed by atoms with E-state index in [9.17, 15) is 19.5 Å². The molecule has 4 fully saturated rings. The molecule has 14 atom stereocenters. The number of ether oxygens (including phenoxy) is 7. The maximum absolute atomic E-state index is 14.5. The highest BCUT2D eigenvalue weighted by molar-refractivity contribution is 5.87. The van der Waals surface area contributed by atoms with Crippen LogP contribution in [0, 0.1) is 29.6 Å². The number of cyclic esters (lactones) is 1. The van der Waals surface area contributed by atoms with E-state index in [0.29, 0.717) is 25.2 Å². The first-order valence-corrected chi connectivity index (χ1v) is 20.1. The number of esters is 2. The van der Waals surface area contributed by atoms with Crippen LogP contribution < -0.4 is 0 Å². The van der Waals surface area contributed by atoms with Crippen molar-refractivity contribution < 1.29 is 57.5 Å². The Balaban J connectivity index is 1.54. The predicted molar refractivity (Wildman–Crippen MR) is 205 cm³/mol. The number of ketones is 1. The van der Waals surface area contributed by atoms with Crippen molar-refractivity contribution in [1.82, 2.24) is 4.90 Å². The number of hydrogen-bond acceptors (Lipinski definition) is 14. The summed E-state index contributed by atoms with van der Waals surface area (Å²) in [5, 5.41) is 16.0. The summed E-state index contributed by atoms with van der Waals surface area (Å²) in [5.41, 5.74) is -1.06. The fourth-order valence-electron chi connectivity index (χ4n) is 9.29. The monoisotopic (exact) mass is 788 g/mol. The number of nitrogens with zero attached hydrogens (tertiary/aromatic N) is 2. The van der Waals surface area contributed by atoms with Crippen LogP contribution >= 0.6 is 0 Å². The molecule has 4 aliphatic rings. The van der Waals surface area contributed by atoms with Crippen molar-refractivity contribution in [3.05, 3.63) is 35.9 Å². The number of rotatable bonds is 9. The minimum absolute atomic E-state index is 0.0268. The summed E-state index contributed by atoms with van der Waals surface area (Å²) < 4.78 is 44.5. The van der Waals surface area contributed by atoms with Gasteiger partial charge < -0.3 is 48.0 Å². The fourth-order valence-corrected chi connectivity index (χ4v) is 9.29. The van der Waals surface area contributed by atoms with Gasteiger partial charge in [0, 0.05) is 29.7 Å². The molecule has 314 valence electrons. The normalized spacial score (nSPS) is 40.9. The predicted octanol–water partition coefficient (Wildman–Crippen LogP) is 4.68. The van der Waals surface area contributed by atoms with E-state index in [4.69, 9.17) is 38.0 Å². The molecule has 0 aliphatic carbocycles. The third kappa shape index (κ3) is 9.82. The second kappa shape index (κ2) is 18.7. The summed E-state index contributed by atoms with van der Waals surface area (Å²) >= 11 is 0. The Morgan fingerprint density at radius 1 is 1.00 bits per heavy atom. The lowest BCUT2D eigenvalue weighted by Crippen LogP contribution is -2.60. The smallest absolute Gasteiger partial charge is 0.311 e. The lowest BCUT2D eigenvalue weighted by molar-refractivity contribution is -0.302. The Kier molecular flexibility index (Phi) is 14.8. The van der Waals surface area contributed by atoms with E-state index in [1.54, 1.807) is 13.8 Å². The van der Waals surface area contributed by atoms with Crippen molar-refractivity contribution in [1.29, 1.82) is 0 Å². The Labute approximate surface area is 331 Å². The number of oxime groups is 1. The second-order valence-electron chi connectivity index (χ2n) is 17.0. The SMILES string of the molecule is CC[C@H]1OC(=O)[C@H](C)[C@H]2OC/C(=N/OCOCc3ccccc3)CO[C@](C)(C[C@@H](C)C(=O)[C@H](C)[C@@H]3CC(=O)O[C@]13C)[C@H](O[C@@H]1O[C@H](C)C[C@H](N(C)C)[C@H]1O)[C@@H]2C. The molecule has 0 spiro atoms. The number of carbonyl (C=O) groups excluding carboxylic acids is 3. The first kappa shape index (κ1) is 44.1. The van der Waals surface area contributed by atoms with Gasteiger partial charge in [0.05, 0.1) is 56.1 Å². The van der Waals surface area contributed by atoms with E-state index in [-0.39, 0.29) is 50.8 Å². The van der Waals surface area contributed by atoms with Crippen molar-refractivity contribution in [3.8, 4) is 0 Å². The second-order valence-corrected chi connectivity index (χ2v) is 17.0. The number of aliphatic hydroxyl groups excluding tert-OH is 1. The summed E-state index contributed by atoms with van der Waals surface area (Å²) in [4.78, 5) is 49.2. The van der Waals surface area contributed by atoms with Gasteiger partial charge >= 0.3 is 11.9 Å². The van der Waals surface area contributed by atoms with Crippen LogP contribution in [0.2, 0.25) is 0 Å². The van der Waals surface area contributed by atoms with Gasteiger partial charge in [-0.05, 0) is 66.6 Å². The standard InChI is InChI=1S/C42H64N2O12/c1-11-33-42(8)31(18-34(45)56-42)26(4)35(46)24(2)19-41(7)38(55-40-36(47)32(44(9)10)17-25(3)53-40)27(5)37(28(6)39(48)54-33)50-21-30(22-51-41)43-52-23-49-20-29-15-13-12-14-16-29/h12-16,24-28,31-33,36-38,40,47H,11,17-23H2,1-10H3/b43-30-/t24-,25-,26-,27-,28-,31+,32+,33-,36-,37+,38-,40+,41-,42+/m1/s1. The average Bonchev–Trinajstić information content (AvgIpc) is 3.49. The van der Waals surface area contributed by atoms with Gasteiger partial charge in [-0.2, -0.15) is 0 Å². The van der Waals surface area contributed by atoms with E-state index in [2.05, 4.69) is 5.16 Å². The molecule has 4 aliphatic heterocycles. The van der Waals surface area contributed by atoms with Crippen LogP contribution in [-0.2, 0) is 59.0 Å². The molecule has 2 bridgehead atoms. The molecule has 5 rings (SSSR count). The maximum atomic E-state index is 14.5. The Bertz CT molecular complexity index is 1530. The number of aliphatic hydroxyl groups is 1. The number of likely N-dealkylation sites (N-methyl/N-ethyl adjacent to an activating group) is 1. The number of fused-ring (bicyclic) bond motifs is 4. The molecule has 0 saturated carbocycles. The minimum Gasteiger partial charge on any atom is -0.458 e. The average molecular weight is 789 g/mol. The van der Waals surface area contributed by atoms with E-state index >= 15 is 0 Å². The molecular weight excluding hydrogens is 724 g/mol. The summed E-state index contributed by atoms with van der Waals surface area (Å²) in [6.45, 7) is 14.9. The van der Waals surface area contributed by atoms with E-state index < -0.39 is 83.4 Å². The molecule has 1 N–H and O–H groups in total. The van der Waals surface area contributed by atoms with Gasteiger partial charge in [-0.25, -0.2) is 0 Å². The van der Waals surface area contributed by atoms with Crippen molar-refractivity contribution in [3.63, 3.8) is 0 Å². The summed E-state index contributed by atoms with van der Waals surface area (Å²) in [5.74, 6) is -4.24. The number of carbonyl (C=O) groups is 3. The zero-order valence-electron chi connectivity index (χ0n) is 34.8. The summed E-state index contributed by atoms with van der Waals surface area (Å²) in [6, 6.07) is 9.44. The minimum atomic E-state index is -1.23. The van der Waals surface area contributed by atoms with Crippen LogP contribution in [0.25, 0.3) is 0 Å². The molecule has 4 saturated heterocycles. The van der Waals surface area contributed by atoms with Crippen molar-refractivity contribution in [2.75, 3.05) is 34.1 Å². The molecule has 56 heavy (non-hydrogen) atoms. The largest absolute Gasteiger partial charge is 0.458 e. The number of Topliss-reactive ketones (excluding diaryl/α,β-unsaturated/α-hetero) is 1. The lowest BCUT2D eigenvalue weighted by atomic mass is 9.70. The molecule has 0 radical (unpaired) electrons. The number of hydrogen-bond donors (Lipinski definition) is 1. The van der Waals surface area contributed by atoms with Crippen LogP contribution in [0.5, 0.6) is 0 Å². The molecular formula is C42H64N2O12. The molecule has 14 heteroatoms. The van der Waals surface area contributed by atoms with Crippen LogP contribution in [0.4, 0.5) is 0 Å². The van der Waals surface area contributed by atoms with E-state index in [1.165, 1.54) is 0 Å². The Morgan fingerprint density at radius 2 is 1.71 bits per heavy atom. The van der Waals surface area contributed by atoms with Crippen LogP contribution in [-0.4, -0.2) is 122 Å². The third-order valence-electron chi connectivity index (χ3n) is 12.4. The maximum Gasteiger partial charge on any atom is 0.311 e. The van der Waals surface area contributed by atoms with Crippen LogP contribution in [0.3, 0.4) is 0 Å². The van der Waals surface area contributed by atoms with E-state index in [0.717, 1.165) is 5.56 Å². The summed E-state index contributed by atoms with van der Waals surface area (Å²) in [6.07, 6.45) is -3.65. The molecule has 14 nitrogen and oxygen atoms in total.